The van der Waals surface area contributed by atoms with Crippen molar-refractivity contribution in [1.82, 2.24) is 0 Å². The summed E-state index contributed by atoms with van der Waals surface area (Å²) in [6, 6.07) is 8.66. The number of benzene rings is 1. The van der Waals surface area contributed by atoms with Crippen molar-refractivity contribution in [3.63, 3.8) is 0 Å². The van der Waals surface area contributed by atoms with E-state index in [-0.39, 0.29) is 6.04 Å². The van der Waals surface area contributed by atoms with E-state index >= 15 is 0 Å². The lowest BCUT2D eigenvalue weighted by atomic mass is 9.93. The summed E-state index contributed by atoms with van der Waals surface area (Å²) >= 11 is 0. The van der Waals surface area contributed by atoms with Gasteiger partial charge in [0.2, 0.25) is 0 Å². The topological polar surface area (TPSA) is 101 Å². The van der Waals surface area contributed by atoms with Crippen LogP contribution in [0, 0.1) is 0 Å². The second-order valence-electron chi connectivity index (χ2n) is 3.60. The van der Waals surface area contributed by atoms with Gasteiger partial charge in [0.25, 0.3) is 5.97 Å². The van der Waals surface area contributed by atoms with Gasteiger partial charge in [-0.15, -0.1) is 0 Å². The maximum atomic E-state index is 10.9. The van der Waals surface area contributed by atoms with Crippen LogP contribution in [0.15, 0.2) is 30.3 Å². The summed E-state index contributed by atoms with van der Waals surface area (Å²) in [4.78, 5) is 19.9. The number of nitrogens with two attached hydrogens (primary N) is 1. The molecule has 5 heteroatoms. The molecule has 0 aliphatic rings. The molecule has 0 aromatic heterocycles. The zero-order valence-corrected chi connectivity index (χ0v) is 9.83. The third-order valence-corrected chi connectivity index (χ3v) is 1.95. The maximum Gasteiger partial charge on any atom is 0.312 e. The minimum Gasteiger partial charge on any atom is -0.481 e. The Kier molecular flexibility index (Phi) is 6.58. The number of hydrogen-bond donors (Lipinski definition) is 3. The third kappa shape index (κ3) is 6.32. The van der Waals surface area contributed by atoms with E-state index in [1.807, 2.05) is 18.2 Å². The quantitative estimate of drug-likeness (QED) is 0.738. The molecule has 1 aromatic rings. The first-order chi connectivity index (χ1) is 7.86. The molecular weight excluding hydrogens is 222 g/mol. The molecule has 2 atom stereocenters. The predicted molar refractivity (Wildman–Crippen MR) is 63.8 cm³/mol. The van der Waals surface area contributed by atoms with E-state index < -0.39 is 17.9 Å². The molecule has 94 valence electrons. The summed E-state index contributed by atoms with van der Waals surface area (Å²) in [5, 5.41) is 16.3. The Balaban J connectivity index is 0.000000557. The van der Waals surface area contributed by atoms with Crippen LogP contribution in [-0.4, -0.2) is 28.2 Å². The van der Waals surface area contributed by atoms with Crippen molar-refractivity contribution in [3.05, 3.63) is 35.9 Å². The number of carboxylic acids is 2. The Labute approximate surface area is 99.9 Å². The van der Waals surface area contributed by atoms with E-state index in [4.69, 9.17) is 20.7 Å². The third-order valence-electron chi connectivity index (χ3n) is 1.95. The highest BCUT2D eigenvalue weighted by molar-refractivity contribution is 5.76. The van der Waals surface area contributed by atoms with Crippen LogP contribution in [-0.2, 0) is 9.59 Å². The van der Waals surface area contributed by atoms with Crippen LogP contribution in [0.1, 0.15) is 25.3 Å². The molecular formula is C12H17NO4. The van der Waals surface area contributed by atoms with Crippen molar-refractivity contribution in [3.8, 4) is 0 Å². The summed E-state index contributed by atoms with van der Waals surface area (Å²) in [6.07, 6.45) is 0. The largest absolute Gasteiger partial charge is 0.481 e. The van der Waals surface area contributed by atoms with Gasteiger partial charge in [-0.1, -0.05) is 30.3 Å². The van der Waals surface area contributed by atoms with E-state index in [1.54, 1.807) is 19.1 Å². The maximum absolute atomic E-state index is 10.9. The van der Waals surface area contributed by atoms with E-state index in [0.717, 1.165) is 12.5 Å². The van der Waals surface area contributed by atoms with Gasteiger partial charge < -0.3 is 15.9 Å². The highest BCUT2D eigenvalue weighted by Gasteiger charge is 2.23. The van der Waals surface area contributed by atoms with Gasteiger partial charge in [0, 0.05) is 13.0 Å². The number of rotatable bonds is 3. The summed E-state index contributed by atoms with van der Waals surface area (Å²) in [7, 11) is 0. The molecule has 1 unspecified atom stereocenters. The number of hydrogen-bond acceptors (Lipinski definition) is 3. The van der Waals surface area contributed by atoms with Gasteiger partial charge in [0.15, 0.2) is 0 Å². The average Bonchev–Trinajstić information content (AvgIpc) is 2.17. The summed E-state index contributed by atoms with van der Waals surface area (Å²) < 4.78 is 0. The SMILES string of the molecule is CC(=O)O.CC(N)[C@H](C(=O)O)c1ccccc1. The fourth-order valence-corrected chi connectivity index (χ4v) is 1.33. The summed E-state index contributed by atoms with van der Waals surface area (Å²) in [6.45, 7) is 2.78. The van der Waals surface area contributed by atoms with Crippen LogP contribution in [0.5, 0.6) is 0 Å². The molecule has 0 spiro atoms. The van der Waals surface area contributed by atoms with Crippen LogP contribution in [0.3, 0.4) is 0 Å². The fraction of sp³-hybridized carbons (Fsp3) is 0.333. The lowest BCUT2D eigenvalue weighted by molar-refractivity contribution is -0.139. The smallest absolute Gasteiger partial charge is 0.312 e. The Morgan fingerprint density at radius 3 is 1.88 bits per heavy atom. The van der Waals surface area contributed by atoms with Crippen molar-refractivity contribution in [2.75, 3.05) is 0 Å². The van der Waals surface area contributed by atoms with Gasteiger partial charge in [-0.05, 0) is 12.5 Å². The lowest BCUT2D eigenvalue weighted by Gasteiger charge is -2.15. The molecule has 4 N–H and O–H groups in total. The van der Waals surface area contributed by atoms with E-state index in [1.165, 1.54) is 0 Å². The Hall–Kier alpha value is -1.88. The van der Waals surface area contributed by atoms with Gasteiger partial charge in [0.1, 0.15) is 0 Å². The van der Waals surface area contributed by atoms with Crippen LogP contribution in [0.4, 0.5) is 0 Å². The number of carboxylic acid groups (broad SMARTS) is 2. The van der Waals surface area contributed by atoms with E-state index in [0.29, 0.717) is 0 Å². The summed E-state index contributed by atoms with van der Waals surface area (Å²) in [5.74, 6) is -2.32. The minimum atomic E-state index is -0.874. The zero-order chi connectivity index (χ0) is 13.4. The molecule has 0 aliphatic heterocycles. The molecule has 0 radical (unpaired) electrons. The summed E-state index contributed by atoms with van der Waals surface area (Å²) in [5.41, 5.74) is 6.34. The monoisotopic (exact) mass is 239 g/mol. The molecule has 5 nitrogen and oxygen atoms in total. The van der Waals surface area contributed by atoms with Crippen molar-refractivity contribution >= 4 is 11.9 Å². The molecule has 1 aromatic carbocycles. The molecule has 0 fully saturated rings. The molecule has 0 bridgehead atoms. The molecule has 17 heavy (non-hydrogen) atoms. The number of aliphatic carboxylic acids is 2. The second kappa shape index (κ2) is 7.40. The van der Waals surface area contributed by atoms with Crippen LogP contribution >= 0.6 is 0 Å². The van der Waals surface area contributed by atoms with Crippen molar-refractivity contribution in [1.29, 1.82) is 0 Å². The highest BCUT2D eigenvalue weighted by Crippen LogP contribution is 2.18. The van der Waals surface area contributed by atoms with Gasteiger partial charge in [-0.3, -0.25) is 9.59 Å². The molecule has 1 rings (SSSR count). The highest BCUT2D eigenvalue weighted by atomic mass is 16.4. The Morgan fingerprint density at radius 1 is 1.18 bits per heavy atom. The second-order valence-corrected chi connectivity index (χ2v) is 3.60. The van der Waals surface area contributed by atoms with Crippen LogP contribution in [0.25, 0.3) is 0 Å². The Morgan fingerprint density at radius 2 is 1.59 bits per heavy atom. The first-order valence-electron chi connectivity index (χ1n) is 5.09. The van der Waals surface area contributed by atoms with Crippen LogP contribution in [0.2, 0.25) is 0 Å². The van der Waals surface area contributed by atoms with Crippen molar-refractivity contribution in [2.24, 2.45) is 5.73 Å². The Bertz CT molecular complexity index is 358. The van der Waals surface area contributed by atoms with Gasteiger partial charge >= 0.3 is 5.97 Å². The van der Waals surface area contributed by atoms with E-state index in [9.17, 15) is 4.79 Å². The average molecular weight is 239 g/mol. The first kappa shape index (κ1) is 15.1. The first-order valence-corrected chi connectivity index (χ1v) is 5.09. The van der Waals surface area contributed by atoms with Crippen molar-refractivity contribution < 1.29 is 19.8 Å². The van der Waals surface area contributed by atoms with Gasteiger partial charge in [-0.2, -0.15) is 0 Å². The van der Waals surface area contributed by atoms with Gasteiger partial charge in [0.05, 0.1) is 5.92 Å². The predicted octanol–water partition coefficient (Wildman–Crippen LogP) is 1.29. The van der Waals surface area contributed by atoms with Crippen LogP contribution < -0.4 is 5.73 Å². The normalized spacial score (nSPS) is 12.9. The van der Waals surface area contributed by atoms with Crippen molar-refractivity contribution in [2.45, 2.75) is 25.8 Å². The molecule has 0 aliphatic carbocycles. The fourth-order valence-electron chi connectivity index (χ4n) is 1.33. The molecule has 0 heterocycles. The standard InChI is InChI=1S/C10H13NO2.C2H4O2/c1-7(11)9(10(12)13)8-5-3-2-4-6-8;1-2(3)4/h2-7,9H,11H2,1H3,(H,12,13);1H3,(H,3,4)/t7?,9-;/m0./s1. The molecule has 0 amide bonds. The zero-order valence-electron chi connectivity index (χ0n) is 9.83. The van der Waals surface area contributed by atoms with E-state index in [2.05, 4.69) is 0 Å². The lowest BCUT2D eigenvalue weighted by Crippen LogP contribution is -2.30. The molecule has 0 saturated heterocycles. The number of carbonyl (C=O) groups is 2. The molecule has 0 saturated carbocycles. The minimum absolute atomic E-state index is 0.375. The van der Waals surface area contributed by atoms with Gasteiger partial charge in [-0.25, -0.2) is 0 Å².